The largest absolute Gasteiger partial charge is 0.370 e. The van der Waals surface area contributed by atoms with Gasteiger partial charge in [-0.05, 0) is 17.6 Å². The van der Waals surface area contributed by atoms with E-state index in [0.29, 0.717) is 18.2 Å². The summed E-state index contributed by atoms with van der Waals surface area (Å²) in [5.74, 6) is 1.09. The van der Waals surface area contributed by atoms with E-state index in [0.717, 1.165) is 6.42 Å². The minimum atomic E-state index is -0.646. The Hall–Kier alpha value is -0.970. The topological polar surface area (TPSA) is 63.8 Å². The van der Waals surface area contributed by atoms with E-state index in [1.165, 1.54) is 4.80 Å². The zero-order chi connectivity index (χ0) is 9.84. The first-order valence-electron chi connectivity index (χ1n) is 4.60. The summed E-state index contributed by atoms with van der Waals surface area (Å²) in [6.07, 6.45) is 0.751. The lowest BCUT2D eigenvalue weighted by atomic mass is 10.1. The molecular formula is C8H16N4O. The summed E-state index contributed by atoms with van der Waals surface area (Å²) in [7, 11) is 0. The third kappa shape index (κ3) is 2.77. The van der Waals surface area contributed by atoms with Gasteiger partial charge in [0.15, 0.2) is 12.1 Å². The van der Waals surface area contributed by atoms with Crippen molar-refractivity contribution in [2.45, 2.75) is 39.8 Å². The molecular weight excluding hydrogens is 168 g/mol. The van der Waals surface area contributed by atoms with Crippen LogP contribution in [0.1, 0.15) is 39.2 Å². The summed E-state index contributed by atoms with van der Waals surface area (Å²) in [6.45, 7) is 6.04. The van der Waals surface area contributed by atoms with Crippen molar-refractivity contribution in [2.75, 3.05) is 0 Å². The molecule has 0 aliphatic carbocycles. The van der Waals surface area contributed by atoms with Crippen LogP contribution in [0.5, 0.6) is 0 Å². The van der Waals surface area contributed by atoms with Crippen LogP contribution >= 0.6 is 0 Å². The standard InChI is InChI=1S/C8H16N4O/c1-4-7-9-11-12(10-7)8(13)5-6(2)3/h6,8,13H,4-5H2,1-3H3. The Morgan fingerprint density at radius 1 is 1.46 bits per heavy atom. The van der Waals surface area contributed by atoms with Gasteiger partial charge in [0.25, 0.3) is 0 Å². The number of hydrogen-bond donors (Lipinski definition) is 1. The molecule has 5 nitrogen and oxygen atoms in total. The molecule has 0 aliphatic heterocycles. The predicted octanol–water partition coefficient (Wildman–Crippen LogP) is 0.772. The minimum Gasteiger partial charge on any atom is -0.370 e. The average Bonchev–Trinajstić information content (AvgIpc) is 2.50. The average molecular weight is 184 g/mol. The second-order valence-corrected chi connectivity index (χ2v) is 3.49. The van der Waals surface area contributed by atoms with Gasteiger partial charge in [-0.15, -0.1) is 15.0 Å². The zero-order valence-electron chi connectivity index (χ0n) is 8.30. The van der Waals surface area contributed by atoms with Crippen LogP contribution in [-0.2, 0) is 6.42 Å². The van der Waals surface area contributed by atoms with E-state index < -0.39 is 6.23 Å². The first kappa shape index (κ1) is 10.1. The molecule has 1 unspecified atom stereocenters. The lowest BCUT2D eigenvalue weighted by molar-refractivity contribution is 0.0529. The van der Waals surface area contributed by atoms with Crippen molar-refractivity contribution in [3.05, 3.63) is 5.82 Å². The summed E-state index contributed by atoms with van der Waals surface area (Å²) in [4.78, 5) is 1.28. The Labute approximate surface area is 77.8 Å². The lowest BCUT2D eigenvalue weighted by Crippen LogP contribution is -2.14. The molecule has 1 aromatic rings. The van der Waals surface area contributed by atoms with E-state index in [9.17, 15) is 5.11 Å². The lowest BCUT2D eigenvalue weighted by Gasteiger charge is -2.10. The molecule has 0 saturated heterocycles. The second-order valence-electron chi connectivity index (χ2n) is 3.49. The van der Waals surface area contributed by atoms with Gasteiger partial charge in [-0.25, -0.2) is 0 Å². The first-order valence-corrected chi connectivity index (χ1v) is 4.60. The highest BCUT2D eigenvalue weighted by Crippen LogP contribution is 2.11. The fraction of sp³-hybridized carbons (Fsp3) is 0.875. The number of tetrazole rings is 1. The molecule has 1 rings (SSSR count). The van der Waals surface area contributed by atoms with E-state index in [2.05, 4.69) is 15.4 Å². The van der Waals surface area contributed by atoms with Crippen LogP contribution in [0, 0.1) is 5.92 Å². The van der Waals surface area contributed by atoms with Crippen molar-refractivity contribution in [1.82, 2.24) is 20.2 Å². The van der Waals surface area contributed by atoms with Crippen molar-refractivity contribution in [2.24, 2.45) is 5.92 Å². The summed E-state index contributed by atoms with van der Waals surface area (Å²) in [5, 5.41) is 21.2. The Balaban J connectivity index is 2.60. The third-order valence-electron chi connectivity index (χ3n) is 1.73. The van der Waals surface area contributed by atoms with Gasteiger partial charge >= 0.3 is 0 Å². The van der Waals surface area contributed by atoms with Crippen LogP contribution in [-0.4, -0.2) is 25.3 Å². The van der Waals surface area contributed by atoms with Gasteiger partial charge in [0.2, 0.25) is 0 Å². The molecule has 0 spiro atoms. The van der Waals surface area contributed by atoms with E-state index in [-0.39, 0.29) is 0 Å². The maximum Gasteiger partial charge on any atom is 0.174 e. The van der Waals surface area contributed by atoms with Gasteiger partial charge in [-0.3, -0.25) is 0 Å². The molecule has 0 aromatic carbocycles. The van der Waals surface area contributed by atoms with Crippen LogP contribution in [0.4, 0.5) is 0 Å². The molecule has 0 fully saturated rings. The molecule has 0 bridgehead atoms. The van der Waals surface area contributed by atoms with Crippen molar-refractivity contribution in [1.29, 1.82) is 0 Å². The summed E-state index contributed by atoms with van der Waals surface area (Å²) in [6, 6.07) is 0. The van der Waals surface area contributed by atoms with Crippen LogP contribution in [0.25, 0.3) is 0 Å². The molecule has 1 heterocycles. The quantitative estimate of drug-likeness (QED) is 0.750. The van der Waals surface area contributed by atoms with Crippen molar-refractivity contribution in [3.8, 4) is 0 Å². The molecule has 0 amide bonds. The van der Waals surface area contributed by atoms with Gasteiger partial charge in [0.05, 0.1) is 0 Å². The van der Waals surface area contributed by atoms with E-state index in [4.69, 9.17) is 0 Å². The summed E-state index contributed by atoms with van der Waals surface area (Å²) < 4.78 is 0. The smallest absolute Gasteiger partial charge is 0.174 e. The molecule has 0 saturated carbocycles. The second kappa shape index (κ2) is 4.32. The predicted molar refractivity (Wildman–Crippen MR) is 47.9 cm³/mol. The van der Waals surface area contributed by atoms with Gasteiger partial charge in [-0.1, -0.05) is 20.8 Å². The fourth-order valence-electron chi connectivity index (χ4n) is 1.04. The molecule has 0 aliphatic rings. The molecule has 1 N–H and O–H groups in total. The normalized spacial score (nSPS) is 13.6. The Bertz CT molecular complexity index is 258. The third-order valence-corrected chi connectivity index (χ3v) is 1.73. The number of aliphatic hydroxyl groups is 1. The molecule has 1 aromatic heterocycles. The molecule has 74 valence electrons. The first-order chi connectivity index (χ1) is 6.13. The Morgan fingerprint density at radius 2 is 2.15 bits per heavy atom. The van der Waals surface area contributed by atoms with Gasteiger partial charge in [-0.2, -0.15) is 0 Å². The van der Waals surface area contributed by atoms with Crippen LogP contribution in [0.15, 0.2) is 0 Å². The number of aliphatic hydroxyl groups excluding tert-OH is 1. The van der Waals surface area contributed by atoms with Crippen molar-refractivity contribution >= 4 is 0 Å². The fourth-order valence-corrected chi connectivity index (χ4v) is 1.04. The number of nitrogens with zero attached hydrogens (tertiary/aromatic N) is 4. The van der Waals surface area contributed by atoms with Crippen molar-refractivity contribution in [3.63, 3.8) is 0 Å². The van der Waals surface area contributed by atoms with Gasteiger partial charge in [0, 0.05) is 6.42 Å². The zero-order valence-corrected chi connectivity index (χ0v) is 8.30. The van der Waals surface area contributed by atoms with Crippen LogP contribution < -0.4 is 0 Å². The Kier molecular flexibility index (Phi) is 3.36. The highest BCUT2D eigenvalue weighted by molar-refractivity contribution is 4.74. The van der Waals surface area contributed by atoms with Crippen molar-refractivity contribution < 1.29 is 5.11 Å². The SMILES string of the molecule is CCc1nnn(C(O)CC(C)C)n1. The highest BCUT2D eigenvalue weighted by atomic mass is 16.3. The maximum absolute atomic E-state index is 9.60. The number of hydrogen-bond acceptors (Lipinski definition) is 4. The van der Waals surface area contributed by atoms with Gasteiger partial charge in [0.1, 0.15) is 0 Å². The Morgan fingerprint density at radius 3 is 2.62 bits per heavy atom. The number of rotatable bonds is 4. The van der Waals surface area contributed by atoms with E-state index in [1.54, 1.807) is 0 Å². The van der Waals surface area contributed by atoms with Gasteiger partial charge < -0.3 is 5.11 Å². The monoisotopic (exact) mass is 184 g/mol. The maximum atomic E-state index is 9.60. The number of aromatic nitrogens is 4. The van der Waals surface area contributed by atoms with Crippen LogP contribution in [0.2, 0.25) is 0 Å². The summed E-state index contributed by atoms with van der Waals surface area (Å²) in [5.41, 5.74) is 0. The highest BCUT2D eigenvalue weighted by Gasteiger charge is 2.11. The summed E-state index contributed by atoms with van der Waals surface area (Å²) >= 11 is 0. The molecule has 5 heteroatoms. The minimum absolute atomic E-state index is 0.422. The molecule has 1 atom stereocenters. The number of aryl methyl sites for hydroxylation is 1. The molecule has 13 heavy (non-hydrogen) atoms. The van der Waals surface area contributed by atoms with E-state index >= 15 is 0 Å². The van der Waals surface area contributed by atoms with Crippen LogP contribution in [0.3, 0.4) is 0 Å². The van der Waals surface area contributed by atoms with E-state index in [1.807, 2.05) is 20.8 Å². The molecule has 0 radical (unpaired) electrons.